The van der Waals surface area contributed by atoms with Crippen molar-refractivity contribution in [3.05, 3.63) is 94.4 Å². The number of unbranched alkanes of at least 4 members (excludes halogenated alkanes) is 1. The Balaban J connectivity index is 1.77. The number of pyridine rings is 1. The summed E-state index contributed by atoms with van der Waals surface area (Å²) in [5.41, 5.74) is 3.63. The first-order valence-corrected chi connectivity index (χ1v) is 11.6. The summed E-state index contributed by atoms with van der Waals surface area (Å²) in [7, 11) is 0. The molecule has 2 heterocycles. The molecule has 1 N–H and O–H groups in total. The van der Waals surface area contributed by atoms with Crippen molar-refractivity contribution in [2.24, 2.45) is 0 Å². The van der Waals surface area contributed by atoms with Crippen LogP contribution in [0.5, 0.6) is 0 Å². The van der Waals surface area contributed by atoms with E-state index < -0.39 is 0 Å². The zero-order valence-electron chi connectivity index (χ0n) is 19.0. The van der Waals surface area contributed by atoms with Gasteiger partial charge in [-0.15, -0.1) is 0 Å². The molecule has 0 saturated carbocycles. The highest BCUT2D eigenvalue weighted by Gasteiger charge is 2.18. The molecule has 2 aromatic heterocycles. The molecule has 4 rings (SSSR count). The topological polar surface area (TPSA) is 51.9 Å². The maximum Gasteiger partial charge on any atom is 0.277 e. The van der Waals surface area contributed by atoms with Gasteiger partial charge in [0.2, 0.25) is 5.95 Å². The van der Waals surface area contributed by atoms with Crippen LogP contribution >= 0.6 is 0 Å². The predicted octanol–water partition coefficient (Wildman–Crippen LogP) is 5.68. The molecule has 0 aliphatic carbocycles. The molecule has 0 amide bonds. The molecular formula is C27H32N4O. The number of hydrogen-bond acceptors (Lipinski definition) is 3. The number of nitrogens with one attached hydrogen (secondary N) is 1. The van der Waals surface area contributed by atoms with Gasteiger partial charge < -0.3 is 14.5 Å². The van der Waals surface area contributed by atoms with Crippen LogP contribution in [0.25, 0.3) is 11.0 Å². The van der Waals surface area contributed by atoms with Gasteiger partial charge in [-0.2, -0.15) is 0 Å². The molecular weight excluding hydrogens is 396 g/mol. The fourth-order valence-electron chi connectivity index (χ4n) is 4.12. The van der Waals surface area contributed by atoms with Gasteiger partial charge in [0.1, 0.15) is 5.52 Å². The van der Waals surface area contributed by atoms with Crippen molar-refractivity contribution in [1.82, 2.24) is 14.1 Å². The van der Waals surface area contributed by atoms with Gasteiger partial charge in [-0.25, -0.2) is 4.98 Å². The third-order valence-electron chi connectivity index (χ3n) is 5.98. The Bertz CT molecular complexity index is 1200. The highest BCUT2D eigenvalue weighted by molar-refractivity contribution is 5.78. The monoisotopic (exact) mass is 428 g/mol. The number of aromatic nitrogens is 3. The van der Waals surface area contributed by atoms with E-state index in [9.17, 15) is 4.79 Å². The number of nitrogens with zero attached hydrogens (tertiary/aromatic N) is 3. The zero-order chi connectivity index (χ0) is 22.3. The van der Waals surface area contributed by atoms with E-state index in [1.165, 1.54) is 12.8 Å². The Hall–Kier alpha value is -3.34. The van der Waals surface area contributed by atoms with Crippen LogP contribution in [0, 0.1) is 0 Å². The highest BCUT2D eigenvalue weighted by Crippen LogP contribution is 2.21. The lowest BCUT2D eigenvalue weighted by molar-refractivity contribution is 0.585. The van der Waals surface area contributed by atoms with E-state index >= 15 is 0 Å². The lowest BCUT2D eigenvalue weighted by atomic mass is 10.1. The second kappa shape index (κ2) is 10.3. The SMILES string of the molecule is CCCCC(CC)Nc1nc2ccn(Cc3ccccc3)c(=O)c2n1Cc1ccccc1. The smallest absolute Gasteiger partial charge is 0.277 e. The number of rotatable bonds is 10. The molecule has 1 unspecified atom stereocenters. The number of anilines is 1. The third-order valence-corrected chi connectivity index (χ3v) is 5.98. The Kier molecular flexibility index (Phi) is 7.05. The first-order valence-electron chi connectivity index (χ1n) is 11.6. The van der Waals surface area contributed by atoms with Crippen LogP contribution in [0.15, 0.2) is 77.7 Å². The molecule has 0 aliphatic heterocycles. The van der Waals surface area contributed by atoms with Crippen molar-refractivity contribution in [1.29, 1.82) is 0 Å². The molecule has 5 nitrogen and oxygen atoms in total. The summed E-state index contributed by atoms with van der Waals surface area (Å²) in [6.07, 6.45) is 6.32. The van der Waals surface area contributed by atoms with Gasteiger partial charge in [-0.1, -0.05) is 87.4 Å². The summed E-state index contributed by atoms with van der Waals surface area (Å²) in [6.45, 7) is 5.56. The summed E-state index contributed by atoms with van der Waals surface area (Å²) < 4.78 is 3.84. The normalized spacial score (nSPS) is 12.2. The predicted molar refractivity (Wildman–Crippen MR) is 132 cm³/mol. The second-order valence-corrected chi connectivity index (χ2v) is 8.37. The van der Waals surface area contributed by atoms with Gasteiger partial charge in [0.15, 0.2) is 0 Å². The second-order valence-electron chi connectivity index (χ2n) is 8.37. The largest absolute Gasteiger partial charge is 0.353 e. The molecule has 166 valence electrons. The van der Waals surface area contributed by atoms with Crippen molar-refractivity contribution in [2.45, 2.75) is 58.7 Å². The van der Waals surface area contributed by atoms with E-state index in [0.29, 0.717) is 24.6 Å². The van der Waals surface area contributed by atoms with E-state index in [2.05, 4.69) is 35.9 Å². The van der Waals surface area contributed by atoms with Gasteiger partial charge in [-0.3, -0.25) is 4.79 Å². The molecule has 4 aromatic rings. The Labute approximate surface area is 189 Å². The fourth-order valence-corrected chi connectivity index (χ4v) is 4.12. The van der Waals surface area contributed by atoms with Gasteiger partial charge in [-0.05, 0) is 30.0 Å². The third kappa shape index (κ3) is 4.93. The van der Waals surface area contributed by atoms with Crippen LogP contribution in [0.3, 0.4) is 0 Å². The van der Waals surface area contributed by atoms with Gasteiger partial charge >= 0.3 is 0 Å². The summed E-state index contributed by atoms with van der Waals surface area (Å²) >= 11 is 0. The van der Waals surface area contributed by atoms with Crippen LogP contribution in [-0.4, -0.2) is 20.2 Å². The van der Waals surface area contributed by atoms with Crippen molar-refractivity contribution in [3.63, 3.8) is 0 Å². The fraction of sp³-hybridized carbons (Fsp3) is 0.333. The number of fused-ring (bicyclic) bond motifs is 1. The van der Waals surface area contributed by atoms with Crippen molar-refractivity contribution < 1.29 is 0 Å². The van der Waals surface area contributed by atoms with Crippen molar-refractivity contribution in [2.75, 3.05) is 5.32 Å². The molecule has 0 fully saturated rings. The Morgan fingerprint density at radius 1 is 0.906 bits per heavy atom. The van der Waals surface area contributed by atoms with Crippen LogP contribution in [0.2, 0.25) is 0 Å². The quantitative estimate of drug-likeness (QED) is 0.354. The molecule has 0 bridgehead atoms. The molecule has 32 heavy (non-hydrogen) atoms. The minimum absolute atomic E-state index is 0.00978. The number of imidazole rings is 1. The first-order chi connectivity index (χ1) is 15.7. The molecule has 0 aliphatic rings. The van der Waals surface area contributed by atoms with E-state index in [1.54, 1.807) is 4.57 Å². The standard InChI is InChI=1S/C27H32N4O/c1-3-5-16-23(4-2)28-27-29-24-17-18-30(19-21-12-8-6-9-13-21)26(32)25(24)31(27)20-22-14-10-7-11-15-22/h6-15,17-18,23H,3-5,16,19-20H2,1-2H3,(H,28,29). The lowest BCUT2D eigenvalue weighted by Crippen LogP contribution is -2.24. The maximum atomic E-state index is 13.6. The average molecular weight is 429 g/mol. The Morgan fingerprint density at radius 3 is 2.19 bits per heavy atom. The van der Waals surface area contributed by atoms with Gasteiger partial charge in [0.25, 0.3) is 5.56 Å². The first kappa shape index (κ1) is 21.9. The zero-order valence-corrected chi connectivity index (χ0v) is 19.0. The van der Waals surface area contributed by atoms with Gasteiger partial charge in [0, 0.05) is 12.2 Å². The van der Waals surface area contributed by atoms with E-state index in [1.807, 2.05) is 60.8 Å². The minimum Gasteiger partial charge on any atom is -0.353 e. The van der Waals surface area contributed by atoms with E-state index in [4.69, 9.17) is 4.98 Å². The molecule has 0 saturated heterocycles. The summed E-state index contributed by atoms with van der Waals surface area (Å²) in [5.74, 6) is 0.779. The summed E-state index contributed by atoms with van der Waals surface area (Å²) in [4.78, 5) is 18.4. The number of benzene rings is 2. The van der Waals surface area contributed by atoms with E-state index in [-0.39, 0.29) is 5.56 Å². The van der Waals surface area contributed by atoms with E-state index in [0.717, 1.165) is 35.4 Å². The molecule has 2 aromatic carbocycles. The van der Waals surface area contributed by atoms with Crippen molar-refractivity contribution >= 4 is 17.0 Å². The Morgan fingerprint density at radius 2 is 1.56 bits per heavy atom. The van der Waals surface area contributed by atoms with Crippen LogP contribution in [0.1, 0.15) is 50.7 Å². The van der Waals surface area contributed by atoms with Crippen LogP contribution in [0.4, 0.5) is 5.95 Å². The molecule has 1 atom stereocenters. The highest BCUT2D eigenvalue weighted by atomic mass is 16.1. The van der Waals surface area contributed by atoms with Crippen molar-refractivity contribution in [3.8, 4) is 0 Å². The van der Waals surface area contributed by atoms with Gasteiger partial charge in [0.05, 0.1) is 18.6 Å². The lowest BCUT2D eigenvalue weighted by Gasteiger charge is -2.18. The number of hydrogen-bond donors (Lipinski definition) is 1. The van der Waals surface area contributed by atoms with Crippen LogP contribution < -0.4 is 10.9 Å². The van der Waals surface area contributed by atoms with Crippen LogP contribution in [-0.2, 0) is 13.1 Å². The molecule has 0 radical (unpaired) electrons. The summed E-state index contributed by atoms with van der Waals surface area (Å²) in [5, 5.41) is 3.64. The molecule has 0 spiro atoms. The maximum absolute atomic E-state index is 13.6. The average Bonchev–Trinajstić information content (AvgIpc) is 3.17. The summed E-state index contributed by atoms with van der Waals surface area (Å²) in [6, 6.07) is 22.6. The minimum atomic E-state index is -0.00978. The molecule has 5 heteroatoms.